The molecule has 1 aliphatic heterocycles. The smallest absolute Gasteiger partial charge is 0.262 e. The normalized spacial score (nSPS) is 14.2. The van der Waals surface area contributed by atoms with Crippen LogP contribution in [0.2, 0.25) is 0 Å². The van der Waals surface area contributed by atoms with E-state index in [9.17, 15) is 13.2 Å². The van der Waals surface area contributed by atoms with E-state index in [0.29, 0.717) is 11.4 Å². The first kappa shape index (κ1) is 20.2. The van der Waals surface area contributed by atoms with Gasteiger partial charge in [-0.3, -0.25) is 4.79 Å². The van der Waals surface area contributed by atoms with Gasteiger partial charge in [0.15, 0.2) is 6.61 Å². The quantitative estimate of drug-likeness (QED) is 0.828. The molecule has 0 saturated heterocycles. The second-order valence-corrected chi connectivity index (χ2v) is 9.33. The molecule has 7 nitrogen and oxygen atoms in total. The van der Waals surface area contributed by atoms with Crippen LogP contribution in [0, 0.1) is 0 Å². The topological polar surface area (TPSA) is 84.9 Å². The zero-order valence-electron chi connectivity index (χ0n) is 16.4. The number of amides is 1. The van der Waals surface area contributed by atoms with Crippen LogP contribution in [-0.4, -0.2) is 37.9 Å². The molecule has 8 heteroatoms. The molecular formula is C20H24N2O5S. The fourth-order valence-corrected chi connectivity index (χ4v) is 4.93. The number of methoxy groups -OCH3 is 1. The van der Waals surface area contributed by atoms with Gasteiger partial charge in [-0.2, -0.15) is 4.31 Å². The Labute approximate surface area is 165 Å². The molecule has 0 spiro atoms. The number of benzene rings is 2. The summed E-state index contributed by atoms with van der Waals surface area (Å²) in [5, 5.41) is 2.66. The van der Waals surface area contributed by atoms with Crippen LogP contribution in [0.3, 0.4) is 0 Å². The first-order valence-corrected chi connectivity index (χ1v) is 10.3. The zero-order chi connectivity index (χ0) is 20.5. The van der Waals surface area contributed by atoms with Crippen molar-refractivity contribution < 1.29 is 22.7 Å². The highest BCUT2D eigenvalue weighted by Crippen LogP contribution is 2.40. The lowest BCUT2D eigenvalue weighted by molar-refractivity contribution is -0.118. The number of anilines is 1. The molecule has 1 amide bonds. The average molecular weight is 404 g/mol. The van der Waals surface area contributed by atoms with E-state index in [1.807, 2.05) is 51.1 Å². The maximum Gasteiger partial charge on any atom is 0.262 e. The molecule has 28 heavy (non-hydrogen) atoms. The van der Waals surface area contributed by atoms with Gasteiger partial charge in [-0.15, -0.1) is 0 Å². The summed E-state index contributed by atoms with van der Waals surface area (Å²) in [6.07, 6.45) is 0. The highest BCUT2D eigenvalue weighted by atomic mass is 32.2. The minimum Gasteiger partial charge on any atom is -0.495 e. The summed E-state index contributed by atoms with van der Waals surface area (Å²) in [5.41, 5.74) is 0.587. The summed E-state index contributed by atoms with van der Waals surface area (Å²) in [7, 11) is -2.54. The van der Waals surface area contributed by atoms with Crippen molar-refractivity contribution in [2.45, 2.75) is 37.8 Å². The summed E-state index contributed by atoms with van der Waals surface area (Å²) >= 11 is 0. The molecule has 0 radical (unpaired) electrons. The van der Waals surface area contributed by atoms with Crippen LogP contribution < -0.4 is 14.8 Å². The van der Waals surface area contributed by atoms with Gasteiger partial charge in [-0.25, -0.2) is 8.42 Å². The van der Waals surface area contributed by atoms with E-state index < -0.39 is 15.6 Å². The van der Waals surface area contributed by atoms with Crippen molar-refractivity contribution in [1.29, 1.82) is 0 Å². The van der Waals surface area contributed by atoms with E-state index in [1.54, 1.807) is 0 Å². The Kier molecular flexibility index (Phi) is 5.36. The third-order valence-corrected chi connectivity index (χ3v) is 6.52. The SMILES string of the molecule is COc1cc2c(cc1S(=O)(=O)N(Cc1ccccc1)C(C)(C)C)OCC(=O)N2. The Bertz CT molecular complexity index is 982. The molecule has 0 atom stereocenters. The molecule has 2 aromatic rings. The Hall–Kier alpha value is -2.58. The van der Waals surface area contributed by atoms with Crippen LogP contribution in [0.25, 0.3) is 0 Å². The molecule has 0 unspecified atom stereocenters. The van der Waals surface area contributed by atoms with Crippen LogP contribution in [0.15, 0.2) is 47.4 Å². The predicted octanol–water partition coefficient (Wildman–Crippen LogP) is 3.02. The predicted molar refractivity (Wildman–Crippen MR) is 106 cm³/mol. The highest BCUT2D eigenvalue weighted by molar-refractivity contribution is 7.89. The number of sulfonamides is 1. The Balaban J connectivity index is 2.09. The maximum atomic E-state index is 13.6. The van der Waals surface area contributed by atoms with Gasteiger partial charge in [0, 0.05) is 24.2 Å². The second kappa shape index (κ2) is 7.44. The van der Waals surface area contributed by atoms with Crippen LogP contribution in [0.5, 0.6) is 11.5 Å². The van der Waals surface area contributed by atoms with Gasteiger partial charge in [0.2, 0.25) is 10.0 Å². The minimum absolute atomic E-state index is 0.00393. The van der Waals surface area contributed by atoms with Gasteiger partial charge in [0.1, 0.15) is 16.4 Å². The average Bonchev–Trinajstić information content (AvgIpc) is 2.64. The van der Waals surface area contributed by atoms with Crippen LogP contribution in [0.1, 0.15) is 26.3 Å². The van der Waals surface area contributed by atoms with E-state index in [4.69, 9.17) is 9.47 Å². The molecular weight excluding hydrogens is 380 g/mol. The Morgan fingerprint density at radius 1 is 1.18 bits per heavy atom. The third-order valence-electron chi connectivity index (χ3n) is 4.38. The monoisotopic (exact) mass is 404 g/mol. The van der Waals surface area contributed by atoms with Crippen LogP contribution in [0.4, 0.5) is 5.69 Å². The van der Waals surface area contributed by atoms with Gasteiger partial charge < -0.3 is 14.8 Å². The number of nitrogens with zero attached hydrogens (tertiary/aromatic N) is 1. The lowest BCUT2D eigenvalue weighted by atomic mass is 10.1. The van der Waals surface area contributed by atoms with Crippen molar-refractivity contribution in [3.05, 3.63) is 48.0 Å². The van der Waals surface area contributed by atoms with Gasteiger partial charge in [0.25, 0.3) is 5.91 Å². The number of hydrogen-bond acceptors (Lipinski definition) is 5. The Morgan fingerprint density at radius 3 is 2.46 bits per heavy atom. The van der Waals surface area contributed by atoms with E-state index in [1.165, 1.54) is 23.5 Å². The van der Waals surface area contributed by atoms with Gasteiger partial charge in [0.05, 0.1) is 12.8 Å². The number of carbonyl (C=O) groups excluding carboxylic acids is 1. The minimum atomic E-state index is -3.93. The van der Waals surface area contributed by atoms with E-state index in [0.717, 1.165) is 5.56 Å². The van der Waals surface area contributed by atoms with E-state index in [-0.39, 0.29) is 29.7 Å². The number of carbonyl (C=O) groups is 1. The van der Waals surface area contributed by atoms with E-state index >= 15 is 0 Å². The van der Waals surface area contributed by atoms with Crippen molar-refractivity contribution in [2.24, 2.45) is 0 Å². The lowest BCUT2D eigenvalue weighted by Gasteiger charge is -2.35. The summed E-state index contributed by atoms with van der Waals surface area (Å²) in [5.74, 6) is 0.143. The van der Waals surface area contributed by atoms with Gasteiger partial charge in [-0.1, -0.05) is 30.3 Å². The number of ether oxygens (including phenoxy) is 2. The van der Waals surface area contributed by atoms with Crippen molar-refractivity contribution in [2.75, 3.05) is 19.0 Å². The second-order valence-electron chi connectivity index (χ2n) is 7.50. The molecule has 0 aliphatic carbocycles. The van der Waals surface area contributed by atoms with Gasteiger partial charge in [-0.05, 0) is 26.3 Å². The van der Waals surface area contributed by atoms with Crippen molar-refractivity contribution in [1.82, 2.24) is 4.31 Å². The molecule has 150 valence electrons. The highest BCUT2D eigenvalue weighted by Gasteiger charge is 2.37. The molecule has 3 rings (SSSR count). The molecule has 2 aromatic carbocycles. The fraction of sp³-hybridized carbons (Fsp3) is 0.350. The molecule has 1 heterocycles. The first-order chi connectivity index (χ1) is 13.1. The summed E-state index contributed by atoms with van der Waals surface area (Å²) in [6, 6.07) is 12.3. The Morgan fingerprint density at radius 2 is 1.86 bits per heavy atom. The molecule has 0 aromatic heterocycles. The summed E-state index contributed by atoms with van der Waals surface area (Å²) in [6.45, 7) is 5.58. The fourth-order valence-electron chi connectivity index (χ4n) is 3.00. The third kappa shape index (κ3) is 3.98. The van der Waals surface area contributed by atoms with Crippen molar-refractivity contribution in [3.8, 4) is 11.5 Å². The molecule has 0 bridgehead atoms. The van der Waals surface area contributed by atoms with Gasteiger partial charge >= 0.3 is 0 Å². The van der Waals surface area contributed by atoms with Crippen LogP contribution in [-0.2, 0) is 21.4 Å². The first-order valence-electron chi connectivity index (χ1n) is 8.84. The zero-order valence-corrected chi connectivity index (χ0v) is 17.2. The summed E-state index contributed by atoms with van der Waals surface area (Å²) < 4.78 is 39.4. The number of hydrogen-bond donors (Lipinski definition) is 1. The number of rotatable bonds is 5. The standard InChI is InChI=1S/C20H24N2O5S/c1-20(2,3)22(12-14-8-6-5-7-9-14)28(24,25)18-11-16-15(10-17(18)26-4)21-19(23)13-27-16/h5-11H,12-13H2,1-4H3,(H,21,23). The van der Waals surface area contributed by atoms with Crippen molar-refractivity contribution in [3.63, 3.8) is 0 Å². The molecule has 0 fully saturated rings. The number of nitrogens with one attached hydrogen (secondary N) is 1. The molecule has 1 aliphatic rings. The largest absolute Gasteiger partial charge is 0.495 e. The molecule has 1 N–H and O–H groups in total. The van der Waals surface area contributed by atoms with Crippen molar-refractivity contribution >= 4 is 21.6 Å². The number of fused-ring (bicyclic) bond motifs is 1. The summed E-state index contributed by atoms with van der Waals surface area (Å²) in [4.78, 5) is 11.5. The van der Waals surface area contributed by atoms with Crippen LogP contribution >= 0.6 is 0 Å². The maximum absolute atomic E-state index is 13.6. The lowest BCUT2D eigenvalue weighted by Crippen LogP contribution is -2.45. The molecule has 0 saturated carbocycles. The van der Waals surface area contributed by atoms with E-state index in [2.05, 4.69) is 5.32 Å².